The summed E-state index contributed by atoms with van der Waals surface area (Å²) in [5.74, 6) is 0.490. The summed E-state index contributed by atoms with van der Waals surface area (Å²) in [5, 5.41) is 0.504. The van der Waals surface area contributed by atoms with Crippen LogP contribution in [0.3, 0.4) is 0 Å². The fraction of sp³-hybridized carbons (Fsp3) is 0.222. The molecular weight excluding hydrogens is 344 g/mol. The van der Waals surface area contributed by atoms with Gasteiger partial charge < -0.3 is 5.43 Å². The average Bonchev–Trinajstić information content (AvgIpc) is 2.62. The first-order chi connectivity index (χ1) is 11.5. The molecule has 0 saturated heterocycles. The van der Waals surface area contributed by atoms with Crippen LogP contribution in [-0.2, 0) is 10.0 Å². The van der Waals surface area contributed by atoms with Crippen molar-refractivity contribution >= 4 is 21.6 Å². The van der Waals surface area contributed by atoms with E-state index in [0.717, 1.165) is 25.0 Å². The number of rotatable bonds is 5. The quantitative estimate of drug-likeness (QED) is 0.791. The SMILES string of the molecule is O=S(=O)(NNC1=CCC(c2ccccc2)CC1)c1ccc(Cl)cc1. The molecular formula is C18H19ClN2O2S. The van der Waals surface area contributed by atoms with Gasteiger partial charge in [-0.15, -0.1) is 4.83 Å². The molecule has 0 radical (unpaired) electrons. The van der Waals surface area contributed by atoms with Crippen LogP contribution in [0.5, 0.6) is 0 Å². The Morgan fingerprint density at radius 3 is 2.33 bits per heavy atom. The molecule has 0 spiro atoms. The lowest BCUT2D eigenvalue weighted by molar-refractivity contribution is 0.541. The van der Waals surface area contributed by atoms with Crippen molar-refractivity contribution in [2.24, 2.45) is 0 Å². The molecule has 4 nitrogen and oxygen atoms in total. The van der Waals surface area contributed by atoms with E-state index in [1.165, 1.54) is 17.7 Å². The Morgan fingerprint density at radius 2 is 1.71 bits per heavy atom. The molecule has 2 aromatic rings. The van der Waals surface area contributed by atoms with Crippen molar-refractivity contribution in [2.75, 3.05) is 0 Å². The van der Waals surface area contributed by atoms with E-state index in [2.05, 4.69) is 28.5 Å². The van der Waals surface area contributed by atoms with Gasteiger partial charge in [-0.25, -0.2) is 8.42 Å². The van der Waals surface area contributed by atoms with Crippen molar-refractivity contribution in [1.29, 1.82) is 0 Å². The van der Waals surface area contributed by atoms with Gasteiger partial charge in [0, 0.05) is 10.7 Å². The Labute approximate surface area is 147 Å². The fourth-order valence-corrected chi connectivity index (χ4v) is 3.78. The molecule has 1 aliphatic rings. The van der Waals surface area contributed by atoms with E-state index in [4.69, 9.17) is 11.6 Å². The Balaban J connectivity index is 1.59. The Kier molecular flexibility index (Phi) is 5.23. The first-order valence-electron chi connectivity index (χ1n) is 7.82. The summed E-state index contributed by atoms with van der Waals surface area (Å²) in [6.45, 7) is 0. The van der Waals surface area contributed by atoms with Gasteiger partial charge in [-0.05, 0) is 55.0 Å². The second kappa shape index (κ2) is 7.38. The third kappa shape index (κ3) is 4.17. The maximum absolute atomic E-state index is 12.2. The van der Waals surface area contributed by atoms with E-state index in [9.17, 15) is 8.42 Å². The van der Waals surface area contributed by atoms with Crippen molar-refractivity contribution in [1.82, 2.24) is 10.3 Å². The summed E-state index contributed by atoms with van der Waals surface area (Å²) >= 11 is 5.78. The molecule has 0 amide bonds. The zero-order valence-corrected chi connectivity index (χ0v) is 14.6. The predicted molar refractivity (Wildman–Crippen MR) is 96.0 cm³/mol. The monoisotopic (exact) mass is 362 g/mol. The van der Waals surface area contributed by atoms with Gasteiger partial charge >= 0.3 is 0 Å². The van der Waals surface area contributed by atoms with E-state index >= 15 is 0 Å². The zero-order chi connectivity index (χ0) is 17.0. The lowest BCUT2D eigenvalue weighted by Gasteiger charge is -2.23. The first-order valence-corrected chi connectivity index (χ1v) is 9.68. The Morgan fingerprint density at radius 1 is 1.00 bits per heavy atom. The molecule has 2 aromatic carbocycles. The van der Waals surface area contributed by atoms with Gasteiger partial charge in [0.15, 0.2) is 0 Å². The van der Waals surface area contributed by atoms with E-state index in [-0.39, 0.29) is 4.90 Å². The lowest BCUT2D eigenvalue weighted by Crippen LogP contribution is -2.37. The van der Waals surface area contributed by atoms with Crippen LogP contribution < -0.4 is 10.3 Å². The van der Waals surface area contributed by atoms with Crippen LogP contribution in [-0.4, -0.2) is 8.42 Å². The van der Waals surface area contributed by atoms with Gasteiger partial charge in [0.05, 0.1) is 4.90 Å². The van der Waals surface area contributed by atoms with Crippen molar-refractivity contribution in [3.8, 4) is 0 Å². The number of sulfonamides is 1. The molecule has 0 aliphatic heterocycles. The van der Waals surface area contributed by atoms with Crippen molar-refractivity contribution < 1.29 is 8.42 Å². The molecule has 1 atom stereocenters. The highest BCUT2D eigenvalue weighted by atomic mass is 35.5. The minimum absolute atomic E-state index is 0.179. The average molecular weight is 363 g/mol. The number of hydrogen-bond acceptors (Lipinski definition) is 3. The molecule has 0 saturated carbocycles. The summed E-state index contributed by atoms with van der Waals surface area (Å²) in [6, 6.07) is 16.5. The van der Waals surface area contributed by atoms with E-state index in [1.54, 1.807) is 12.1 Å². The molecule has 1 unspecified atom stereocenters. The molecule has 126 valence electrons. The highest BCUT2D eigenvalue weighted by Crippen LogP contribution is 2.30. The summed E-state index contributed by atoms with van der Waals surface area (Å²) < 4.78 is 24.5. The smallest absolute Gasteiger partial charge is 0.257 e. The third-order valence-electron chi connectivity index (χ3n) is 4.15. The standard InChI is InChI=1S/C18H19ClN2O2S/c19-16-8-12-18(13-9-16)24(22,23)21-20-17-10-6-15(7-11-17)14-4-2-1-3-5-14/h1-5,8-10,12-13,15,20-21H,6-7,11H2. The number of hydrazine groups is 1. The topological polar surface area (TPSA) is 58.2 Å². The Hall–Kier alpha value is -1.82. The van der Waals surface area contributed by atoms with Gasteiger partial charge in [0.2, 0.25) is 0 Å². The van der Waals surface area contributed by atoms with Crippen LogP contribution in [0, 0.1) is 0 Å². The van der Waals surface area contributed by atoms with Gasteiger partial charge in [0.1, 0.15) is 0 Å². The first kappa shape index (κ1) is 17.0. The summed E-state index contributed by atoms with van der Waals surface area (Å²) in [6.07, 6.45) is 4.76. The lowest BCUT2D eigenvalue weighted by atomic mass is 9.87. The van der Waals surface area contributed by atoms with Crippen LogP contribution in [0.4, 0.5) is 0 Å². The highest BCUT2D eigenvalue weighted by Gasteiger charge is 2.18. The second-order valence-electron chi connectivity index (χ2n) is 5.80. The third-order valence-corrected chi connectivity index (χ3v) is 5.67. The fourth-order valence-electron chi connectivity index (χ4n) is 2.78. The number of halogens is 1. The molecule has 0 heterocycles. The zero-order valence-electron chi connectivity index (χ0n) is 13.1. The molecule has 1 aliphatic carbocycles. The minimum Gasteiger partial charge on any atom is -0.312 e. The van der Waals surface area contributed by atoms with Crippen LogP contribution in [0.2, 0.25) is 5.02 Å². The van der Waals surface area contributed by atoms with Gasteiger partial charge in [-0.2, -0.15) is 0 Å². The van der Waals surface area contributed by atoms with E-state index in [1.807, 2.05) is 18.2 Å². The molecule has 0 fully saturated rings. The summed E-state index contributed by atoms with van der Waals surface area (Å²) in [5.41, 5.74) is 5.07. The molecule has 2 N–H and O–H groups in total. The summed E-state index contributed by atoms with van der Waals surface area (Å²) in [7, 11) is -3.60. The molecule has 0 bridgehead atoms. The van der Waals surface area contributed by atoms with Crippen LogP contribution in [0.25, 0.3) is 0 Å². The molecule has 3 rings (SSSR count). The van der Waals surface area contributed by atoms with E-state index < -0.39 is 10.0 Å². The van der Waals surface area contributed by atoms with Crippen molar-refractivity contribution in [2.45, 2.75) is 30.1 Å². The maximum atomic E-state index is 12.2. The number of allylic oxidation sites excluding steroid dienone is 2. The van der Waals surface area contributed by atoms with Crippen LogP contribution >= 0.6 is 11.6 Å². The van der Waals surface area contributed by atoms with Crippen molar-refractivity contribution in [3.05, 3.63) is 77.0 Å². The van der Waals surface area contributed by atoms with Gasteiger partial charge in [-0.1, -0.05) is 48.0 Å². The van der Waals surface area contributed by atoms with Gasteiger partial charge in [0.25, 0.3) is 10.0 Å². The maximum Gasteiger partial charge on any atom is 0.257 e. The molecule has 0 aromatic heterocycles. The van der Waals surface area contributed by atoms with Crippen LogP contribution in [0.1, 0.15) is 30.7 Å². The normalized spacial score (nSPS) is 18.0. The Bertz CT molecular complexity index is 818. The van der Waals surface area contributed by atoms with Crippen LogP contribution in [0.15, 0.2) is 71.3 Å². The number of nitrogens with one attached hydrogen (secondary N) is 2. The number of hydrogen-bond donors (Lipinski definition) is 2. The largest absolute Gasteiger partial charge is 0.312 e. The molecule has 24 heavy (non-hydrogen) atoms. The van der Waals surface area contributed by atoms with Crippen molar-refractivity contribution in [3.63, 3.8) is 0 Å². The van der Waals surface area contributed by atoms with E-state index in [0.29, 0.717) is 10.9 Å². The highest BCUT2D eigenvalue weighted by molar-refractivity contribution is 7.89. The minimum atomic E-state index is -3.60. The molecule has 6 heteroatoms. The predicted octanol–water partition coefficient (Wildman–Crippen LogP) is 3.97. The van der Waals surface area contributed by atoms with Gasteiger partial charge in [-0.3, -0.25) is 0 Å². The second-order valence-corrected chi connectivity index (χ2v) is 7.91. The number of benzene rings is 2. The summed E-state index contributed by atoms with van der Waals surface area (Å²) in [4.78, 5) is 2.61.